The first-order valence-electron chi connectivity index (χ1n) is 12.0. The topological polar surface area (TPSA) is 38.7 Å². The van der Waals surface area contributed by atoms with E-state index in [1.165, 1.54) is 22.3 Å². The second-order valence-electron chi connectivity index (χ2n) is 9.77. The van der Waals surface area contributed by atoms with E-state index in [4.69, 9.17) is 9.97 Å². The Morgan fingerprint density at radius 3 is 1.94 bits per heavy atom. The summed E-state index contributed by atoms with van der Waals surface area (Å²) in [4.78, 5) is 14.4. The van der Waals surface area contributed by atoms with Crippen LogP contribution in [0.25, 0.3) is 55.4 Å². The highest BCUT2D eigenvalue weighted by atomic mass is 14.8. The van der Waals surface area contributed by atoms with Gasteiger partial charge in [-0.05, 0) is 52.6 Å². The highest BCUT2D eigenvalue weighted by Gasteiger charge is 2.35. The van der Waals surface area contributed by atoms with Gasteiger partial charge < -0.3 is 0 Å². The fourth-order valence-corrected chi connectivity index (χ4v) is 5.47. The maximum atomic E-state index is 5.15. The third kappa shape index (κ3) is 3.01. The monoisotopic (exact) mass is 449 g/mol. The summed E-state index contributed by atoms with van der Waals surface area (Å²) < 4.78 is 0. The molecule has 0 unspecified atom stereocenters. The third-order valence-corrected chi connectivity index (χ3v) is 7.36. The molecular weight excluding hydrogens is 426 g/mol. The van der Waals surface area contributed by atoms with Gasteiger partial charge in [0.25, 0.3) is 0 Å². The van der Waals surface area contributed by atoms with Crippen LogP contribution in [0.2, 0.25) is 0 Å². The standard InChI is InChI=1S/C32H23N3/c1-32(2)26-8-4-3-7-24(26)25-14-11-22(18-27(25)32)28-15-12-20-9-10-21-13-16-29(23-6-5-17-33-19-23)35-31(21)30(20)34-28/h3-19H,1-2H3. The molecule has 7 rings (SSSR count). The van der Waals surface area contributed by atoms with E-state index in [1.807, 2.05) is 18.3 Å². The van der Waals surface area contributed by atoms with Crippen molar-refractivity contribution >= 4 is 21.8 Å². The van der Waals surface area contributed by atoms with Gasteiger partial charge in [0.2, 0.25) is 0 Å². The van der Waals surface area contributed by atoms with E-state index in [2.05, 4.69) is 97.7 Å². The maximum Gasteiger partial charge on any atom is 0.0972 e. The van der Waals surface area contributed by atoms with Crippen molar-refractivity contribution in [3.63, 3.8) is 0 Å². The summed E-state index contributed by atoms with van der Waals surface area (Å²) in [7, 11) is 0. The fourth-order valence-electron chi connectivity index (χ4n) is 5.47. The summed E-state index contributed by atoms with van der Waals surface area (Å²) >= 11 is 0. The summed E-state index contributed by atoms with van der Waals surface area (Å²) in [6, 6.07) is 32.2. The minimum atomic E-state index is -0.0361. The average molecular weight is 450 g/mol. The van der Waals surface area contributed by atoms with Crippen molar-refractivity contribution in [3.8, 4) is 33.6 Å². The van der Waals surface area contributed by atoms with E-state index < -0.39 is 0 Å². The van der Waals surface area contributed by atoms with E-state index in [0.717, 1.165) is 44.3 Å². The van der Waals surface area contributed by atoms with Crippen LogP contribution in [0.15, 0.2) is 103 Å². The molecule has 1 aliphatic rings. The molecule has 0 bridgehead atoms. The quantitative estimate of drug-likeness (QED) is 0.253. The molecule has 0 saturated heterocycles. The molecule has 3 nitrogen and oxygen atoms in total. The van der Waals surface area contributed by atoms with Gasteiger partial charge in [-0.3, -0.25) is 4.98 Å². The maximum absolute atomic E-state index is 5.15. The van der Waals surface area contributed by atoms with Crippen molar-refractivity contribution in [1.82, 2.24) is 15.0 Å². The van der Waals surface area contributed by atoms with Crippen LogP contribution in [-0.4, -0.2) is 15.0 Å². The van der Waals surface area contributed by atoms with Crippen LogP contribution in [0.1, 0.15) is 25.0 Å². The van der Waals surface area contributed by atoms with E-state index in [-0.39, 0.29) is 5.41 Å². The normalized spacial score (nSPS) is 13.7. The Morgan fingerprint density at radius 2 is 1.23 bits per heavy atom. The molecule has 1 aliphatic carbocycles. The first-order valence-corrected chi connectivity index (χ1v) is 12.0. The zero-order valence-corrected chi connectivity index (χ0v) is 19.7. The van der Waals surface area contributed by atoms with E-state index in [0.29, 0.717) is 0 Å². The Labute approximate surface area is 204 Å². The third-order valence-electron chi connectivity index (χ3n) is 7.36. The summed E-state index contributed by atoms with van der Waals surface area (Å²) in [6.07, 6.45) is 3.63. The number of hydrogen-bond donors (Lipinski definition) is 0. The Bertz CT molecular complexity index is 1770. The summed E-state index contributed by atoms with van der Waals surface area (Å²) in [5.41, 5.74) is 11.2. The van der Waals surface area contributed by atoms with Crippen molar-refractivity contribution in [2.45, 2.75) is 19.3 Å². The minimum Gasteiger partial charge on any atom is -0.264 e. The van der Waals surface area contributed by atoms with Gasteiger partial charge in [-0.15, -0.1) is 0 Å². The van der Waals surface area contributed by atoms with Gasteiger partial charge in [0.05, 0.1) is 22.4 Å². The zero-order valence-electron chi connectivity index (χ0n) is 19.7. The van der Waals surface area contributed by atoms with Crippen LogP contribution in [-0.2, 0) is 5.41 Å². The number of fused-ring (bicyclic) bond motifs is 6. The molecule has 0 fully saturated rings. The van der Waals surface area contributed by atoms with Gasteiger partial charge in [-0.2, -0.15) is 0 Å². The molecule has 0 aliphatic heterocycles. The van der Waals surface area contributed by atoms with Gasteiger partial charge in [0, 0.05) is 39.7 Å². The Hall–Kier alpha value is -4.37. The second kappa shape index (κ2) is 7.31. The smallest absolute Gasteiger partial charge is 0.0972 e. The van der Waals surface area contributed by atoms with Gasteiger partial charge in [0.15, 0.2) is 0 Å². The molecule has 0 saturated carbocycles. The lowest BCUT2D eigenvalue weighted by Crippen LogP contribution is -2.14. The lowest BCUT2D eigenvalue weighted by Gasteiger charge is -2.21. The highest BCUT2D eigenvalue weighted by Crippen LogP contribution is 2.49. The largest absolute Gasteiger partial charge is 0.264 e. The number of benzene rings is 3. The Morgan fingerprint density at radius 1 is 0.571 bits per heavy atom. The molecular formula is C32H23N3. The first-order chi connectivity index (χ1) is 17.1. The average Bonchev–Trinajstić information content (AvgIpc) is 3.15. The molecule has 35 heavy (non-hydrogen) atoms. The SMILES string of the molecule is CC1(C)c2ccccc2-c2ccc(-c3ccc4ccc5ccc(-c6cccnc6)nc5c4n3)cc21. The molecule has 166 valence electrons. The fraction of sp³-hybridized carbons (Fsp3) is 0.0938. The zero-order chi connectivity index (χ0) is 23.6. The number of rotatable bonds is 2. The molecule has 3 heterocycles. The summed E-state index contributed by atoms with van der Waals surface area (Å²) in [5.74, 6) is 0. The predicted octanol–water partition coefficient (Wildman–Crippen LogP) is 7.82. The molecule has 6 aromatic rings. The number of pyridine rings is 3. The van der Waals surface area contributed by atoms with Gasteiger partial charge in [-0.25, -0.2) is 9.97 Å². The highest BCUT2D eigenvalue weighted by molar-refractivity contribution is 6.04. The van der Waals surface area contributed by atoms with Crippen molar-refractivity contribution in [3.05, 3.63) is 115 Å². The molecule has 3 aromatic heterocycles. The Kier molecular flexibility index (Phi) is 4.19. The summed E-state index contributed by atoms with van der Waals surface area (Å²) in [5, 5.41) is 2.17. The second-order valence-corrected chi connectivity index (χ2v) is 9.77. The first kappa shape index (κ1) is 20.0. The molecule has 0 spiro atoms. The summed E-state index contributed by atoms with van der Waals surface area (Å²) in [6.45, 7) is 4.62. The molecule has 0 N–H and O–H groups in total. The van der Waals surface area contributed by atoms with Crippen LogP contribution >= 0.6 is 0 Å². The van der Waals surface area contributed by atoms with Crippen LogP contribution in [0.5, 0.6) is 0 Å². The van der Waals surface area contributed by atoms with Gasteiger partial charge in [0.1, 0.15) is 0 Å². The van der Waals surface area contributed by atoms with Crippen molar-refractivity contribution in [1.29, 1.82) is 0 Å². The van der Waals surface area contributed by atoms with Gasteiger partial charge >= 0.3 is 0 Å². The molecule has 0 atom stereocenters. The van der Waals surface area contributed by atoms with E-state index in [1.54, 1.807) is 6.20 Å². The molecule has 0 amide bonds. The lowest BCUT2D eigenvalue weighted by molar-refractivity contribution is 0.660. The number of aromatic nitrogens is 3. The van der Waals surface area contributed by atoms with Crippen molar-refractivity contribution in [2.75, 3.05) is 0 Å². The van der Waals surface area contributed by atoms with Crippen LogP contribution in [0, 0.1) is 0 Å². The van der Waals surface area contributed by atoms with Gasteiger partial charge in [-0.1, -0.05) is 74.5 Å². The van der Waals surface area contributed by atoms with E-state index in [9.17, 15) is 0 Å². The Balaban J connectivity index is 1.40. The van der Waals surface area contributed by atoms with Crippen LogP contribution < -0.4 is 0 Å². The van der Waals surface area contributed by atoms with Crippen LogP contribution in [0.4, 0.5) is 0 Å². The molecule has 0 radical (unpaired) electrons. The number of hydrogen-bond acceptors (Lipinski definition) is 3. The van der Waals surface area contributed by atoms with Crippen molar-refractivity contribution in [2.24, 2.45) is 0 Å². The molecule has 3 aromatic carbocycles. The van der Waals surface area contributed by atoms with E-state index >= 15 is 0 Å². The minimum absolute atomic E-state index is 0.0361. The predicted molar refractivity (Wildman–Crippen MR) is 143 cm³/mol. The lowest BCUT2D eigenvalue weighted by atomic mass is 9.82. The number of nitrogens with zero attached hydrogens (tertiary/aromatic N) is 3. The van der Waals surface area contributed by atoms with Crippen LogP contribution in [0.3, 0.4) is 0 Å². The molecule has 3 heteroatoms. The van der Waals surface area contributed by atoms with Crippen molar-refractivity contribution < 1.29 is 0 Å².